The van der Waals surface area contributed by atoms with Gasteiger partial charge < -0.3 is 10.1 Å². The van der Waals surface area contributed by atoms with Gasteiger partial charge in [-0.1, -0.05) is 51.3 Å². The van der Waals surface area contributed by atoms with E-state index < -0.39 is 0 Å². The normalized spacial score (nSPS) is 18.5. The van der Waals surface area contributed by atoms with Gasteiger partial charge in [-0.25, -0.2) is 0 Å². The summed E-state index contributed by atoms with van der Waals surface area (Å²) in [5.41, 5.74) is 1.65. The van der Waals surface area contributed by atoms with Crippen molar-refractivity contribution in [1.82, 2.24) is 5.32 Å². The van der Waals surface area contributed by atoms with Crippen molar-refractivity contribution in [2.45, 2.75) is 57.4 Å². The minimum Gasteiger partial charge on any atom is -0.496 e. The van der Waals surface area contributed by atoms with Crippen LogP contribution in [0.2, 0.25) is 0 Å². The second-order valence-electron chi connectivity index (χ2n) is 6.08. The summed E-state index contributed by atoms with van der Waals surface area (Å²) in [5.74, 6) is 1.05. The molecule has 0 heterocycles. The average molecular weight is 261 g/mol. The highest BCUT2D eigenvalue weighted by atomic mass is 16.5. The zero-order valence-corrected chi connectivity index (χ0v) is 12.5. The maximum Gasteiger partial charge on any atom is 0.122 e. The van der Waals surface area contributed by atoms with E-state index in [1.165, 1.54) is 37.7 Å². The SMILES string of the molecule is COc1ccccc1C1(CNC(C)C)CCCCC1. The first kappa shape index (κ1) is 14.4. The smallest absolute Gasteiger partial charge is 0.122 e. The van der Waals surface area contributed by atoms with Crippen LogP contribution >= 0.6 is 0 Å². The van der Waals surface area contributed by atoms with Gasteiger partial charge in [0.25, 0.3) is 0 Å². The number of para-hydroxylation sites is 1. The van der Waals surface area contributed by atoms with Gasteiger partial charge in [-0.05, 0) is 18.9 Å². The molecule has 2 heteroatoms. The molecule has 0 radical (unpaired) electrons. The van der Waals surface area contributed by atoms with Crippen LogP contribution in [0.25, 0.3) is 0 Å². The fourth-order valence-electron chi connectivity index (χ4n) is 3.25. The number of hydrogen-bond donors (Lipinski definition) is 1. The average Bonchev–Trinajstić information content (AvgIpc) is 2.46. The lowest BCUT2D eigenvalue weighted by Crippen LogP contribution is -2.42. The number of methoxy groups -OCH3 is 1. The van der Waals surface area contributed by atoms with E-state index in [9.17, 15) is 0 Å². The predicted octanol–water partition coefficient (Wildman–Crippen LogP) is 3.90. The zero-order chi connectivity index (χ0) is 13.7. The minimum atomic E-state index is 0.259. The first-order chi connectivity index (χ1) is 9.18. The predicted molar refractivity (Wildman–Crippen MR) is 80.9 cm³/mol. The Bertz CT molecular complexity index is 394. The fourth-order valence-corrected chi connectivity index (χ4v) is 3.25. The lowest BCUT2D eigenvalue weighted by atomic mass is 9.69. The Kier molecular flexibility index (Phi) is 4.87. The van der Waals surface area contributed by atoms with Crippen molar-refractivity contribution < 1.29 is 4.74 Å². The zero-order valence-electron chi connectivity index (χ0n) is 12.5. The molecular formula is C17H27NO. The lowest BCUT2D eigenvalue weighted by molar-refractivity contribution is 0.264. The summed E-state index contributed by atoms with van der Waals surface area (Å²) in [7, 11) is 1.78. The van der Waals surface area contributed by atoms with E-state index in [0.717, 1.165) is 12.3 Å². The molecule has 2 rings (SSSR count). The maximum absolute atomic E-state index is 5.60. The Hall–Kier alpha value is -1.02. The highest BCUT2D eigenvalue weighted by Gasteiger charge is 2.35. The van der Waals surface area contributed by atoms with Crippen LogP contribution in [0.4, 0.5) is 0 Å². The molecule has 1 aromatic rings. The first-order valence-corrected chi connectivity index (χ1v) is 7.55. The van der Waals surface area contributed by atoms with Crippen molar-refractivity contribution >= 4 is 0 Å². The quantitative estimate of drug-likeness (QED) is 0.868. The maximum atomic E-state index is 5.60. The van der Waals surface area contributed by atoms with E-state index in [1.807, 2.05) is 0 Å². The highest BCUT2D eigenvalue weighted by molar-refractivity contribution is 5.40. The van der Waals surface area contributed by atoms with Gasteiger partial charge in [-0.3, -0.25) is 0 Å². The molecule has 106 valence electrons. The topological polar surface area (TPSA) is 21.3 Å². The van der Waals surface area contributed by atoms with E-state index in [4.69, 9.17) is 4.74 Å². The third-order valence-corrected chi connectivity index (χ3v) is 4.34. The fraction of sp³-hybridized carbons (Fsp3) is 0.647. The molecule has 2 nitrogen and oxygen atoms in total. The Morgan fingerprint density at radius 1 is 1.16 bits per heavy atom. The Morgan fingerprint density at radius 3 is 2.47 bits per heavy atom. The number of ether oxygens (including phenoxy) is 1. The van der Waals surface area contributed by atoms with Gasteiger partial charge in [0.05, 0.1) is 7.11 Å². The molecule has 1 fully saturated rings. The second-order valence-corrected chi connectivity index (χ2v) is 6.08. The molecular weight excluding hydrogens is 234 g/mol. The van der Waals surface area contributed by atoms with Crippen LogP contribution in [0.15, 0.2) is 24.3 Å². The summed E-state index contributed by atoms with van der Waals surface area (Å²) in [5, 5.41) is 3.65. The molecule has 0 aliphatic heterocycles. The molecule has 19 heavy (non-hydrogen) atoms. The summed E-state index contributed by atoms with van der Waals surface area (Å²) < 4.78 is 5.60. The highest BCUT2D eigenvalue weighted by Crippen LogP contribution is 2.42. The van der Waals surface area contributed by atoms with Gasteiger partial charge in [0.1, 0.15) is 5.75 Å². The van der Waals surface area contributed by atoms with Crippen LogP contribution in [-0.2, 0) is 5.41 Å². The van der Waals surface area contributed by atoms with Crippen molar-refractivity contribution in [3.8, 4) is 5.75 Å². The number of hydrogen-bond acceptors (Lipinski definition) is 2. The van der Waals surface area contributed by atoms with Crippen molar-refractivity contribution in [2.75, 3.05) is 13.7 Å². The molecule has 0 atom stereocenters. The molecule has 0 saturated heterocycles. The minimum absolute atomic E-state index is 0.259. The van der Waals surface area contributed by atoms with E-state index >= 15 is 0 Å². The van der Waals surface area contributed by atoms with Crippen LogP contribution in [0.1, 0.15) is 51.5 Å². The van der Waals surface area contributed by atoms with Crippen LogP contribution in [0.3, 0.4) is 0 Å². The summed E-state index contributed by atoms with van der Waals surface area (Å²) >= 11 is 0. The van der Waals surface area contributed by atoms with Crippen molar-refractivity contribution in [3.05, 3.63) is 29.8 Å². The lowest BCUT2D eigenvalue weighted by Gasteiger charge is -2.39. The van der Waals surface area contributed by atoms with Crippen LogP contribution < -0.4 is 10.1 Å². The van der Waals surface area contributed by atoms with Gasteiger partial charge in [0, 0.05) is 23.6 Å². The molecule has 0 unspecified atom stereocenters. The van der Waals surface area contributed by atoms with Crippen molar-refractivity contribution in [2.24, 2.45) is 0 Å². The van der Waals surface area contributed by atoms with E-state index in [2.05, 4.69) is 43.4 Å². The second kappa shape index (κ2) is 6.42. The van der Waals surface area contributed by atoms with Crippen molar-refractivity contribution in [1.29, 1.82) is 0 Å². The molecule has 1 saturated carbocycles. The summed E-state index contributed by atoms with van der Waals surface area (Å²) in [6, 6.07) is 9.10. The molecule has 0 amide bonds. The molecule has 0 aromatic heterocycles. The standard InChI is InChI=1S/C17H27NO/c1-14(2)18-13-17(11-7-4-8-12-17)15-9-5-6-10-16(15)19-3/h5-6,9-10,14,18H,4,7-8,11-13H2,1-3H3. The molecule has 0 bridgehead atoms. The first-order valence-electron chi connectivity index (χ1n) is 7.55. The largest absolute Gasteiger partial charge is 0.496 e. The van der Waals surface area contributed by atoms with Gasteiger partial charge in [-0.15, -0.1) is 0 Å². The Balaban J connectivity index is 2.30. The van der Waals surface area contributed by atoms with Gasteiger partial charge in [-0.2, -0.15) is 0 Å². The van der Waals surface area contributed by atoms with Crippen LogP contribution in [0.5, 0.6) is 5.75 Å². The summed E-state index contributed by atoms with van der Waals surface area (Å²) in [6.45, 7) is 5.50. The molecule has 1 aromatic carbocycles. The van der Waals surface area contributed by atoms with Crippen LogP contribution in [0, 0.1) is 0 Å². The monoisotopic (exact) mass is 261 g/mol. The Labute approximate surface area is 117 Å². The van der Waals surface area contributed by atoms with Gasteiger partial charge in [0.2, 0.25) is 0 Å². The number of nitrogens with one attached hydrogen (secondary N) is 1. The number of benzene rings is 1. The van der Waals surface area contributed by atoms with Crippen LogP contribution in [-0.4, -0.2) is 19.7 Å². The van der Waals surface area contributed by atoms with E-state index in [-0.39, 0.29) is 5.41 Å². The third kappa shape index (κ3) is 3.30. The summed E-state index contributed by atoms with van der Waals surface area (Å²) in [6.07, 6.45) is 6.58. The molecule has 1 aliphatic rings. The van der Waals surface area contributed by atoms with Gasteiger partial charge in [0.15, 0.2) is 0 Å². The Morgan fingerprint density at radius 2 is 1.84 bits per heavy atom. The molecule has 1 N–H and O–H groups in total. The number of rotatable bonds is 5. The van der Waals surface area contributed by atoms with Gasteiger partial charge >= 0.3 is 0 Å². The molecule has 1 aliphatic carbocycles. The van der Waals surface area contributed by atoms with E-state index in [1.54, 1.807) is 7.11 Å². The molecule has 0 spiro atoms. The third-order valence-electron chi connectivity index (χ3n) is 4.34. The summed E-state index contributed by atoms with van der Waals surface area (Å²) in [4.78, 5) is 0. The van der Waals surface area contributed by atoms with E-state index in [0.29, 0.717) is 6.04 Å². The van der Waals surface area contributed by atoms with Crippen molar-refractivity contribution in [3.63, 3.8) is 0 Å².